The SMILES string of the molecule is Cc1ccc(Oc2cccc(C3CCCN3C(=O)c3ccc(=O)n(C)c3)n2)cc1. The minimum absolute atomic E-state index is 0.0882. The van der Waals surface area contributed by atoms with Crippen LogP contribution in [0.4, 0.5) is 0 Å². The third-order valence-corrected chi connectivity index (χ3v) is 5.18. The second-order valence-electron chi connectivity index (χ2n) is 7.34. The number of rotatable bonds is 4. The summed E-state index contributed by atoms with van der Waals surface area (Å²) < 4.78 is 7.31. The molecule has 2 aromatic heterocycles. The minimum Gasteiger partial charge on any atom is -0.439 e. The highest BCUT2D eigenvalue weighted by Gasteiger charge is 2.32. The summed E-state index contributed by atoms with van der Waals surface area (Å²) >= 11 is 0. The summed E-state index contributed by atoms with van der Waals surface area (Å²) in [7, 11) is 1.65. The van der Waals surface area contributed by atoms with Crippen molar-refractivity contribution in [2.45, 2.75) is 25.8 Å². The van der Waals surface area contributed by atoms with Gasteiger partial charge in [-0.2, -0.15) is 0 Å². The monoisotopic (exact) mass is 389 g/mol. The summed E-state index contributed by atoms with van der Waals surface area (Å²) in [5.74, 6) is 1.15. The zero-order chi connectivity index (χ0) is 20.4. The zero-order valence-electron chi connectivity index (χ0n) is 16.5. The Labute approximate surface area is 169 Å². The minimum atomic E-state index is -0.137. The fourth-order valence-electron chi connectivity index (χ4n) is 3.60. The molecule has 1 aliphatic heterocycles. The molecule has 1 aliphatic rings. The summed E-state index contributed by atoms with van der Waals surface area (Å²) in [6, 6.07) is 16.4. The van der Waals surface area contributed by atoms with Crippen molar-refractivity contribution in [3.8, 4) is 11.6 Å². The van der Waals surface area contributed by atoms with Gasteiger partial charge in [0.1, 0.15) is 5.75 Å². The summed E-state index contributed by atoms with van der Waals surface area (Å²) in [5, 5.41) is 0. The highest BCUT2D eigenvalue weighted by atomic mass is 16.5. The van der Waals surface area contributed by atoms with Crippen LogP contribution in [-0.4, -0.2) is 26.9 Å². The second kappa shape index (κ2) is 7.91. The first-order valence-corrected chi connectivity index (χ1v) is 9.70. The van der Waals surface area contributed by atoms with Crippen molar-refractivity contribution in [2.24, 2.45) is 7.05 Å². The van der Waals surface area contributed by atoms with E-state index >= 15 is 0 Å². The van der Waals surface area contributed by atoms with E-state index in [-0.39, 0.29) is 17.5 Å². The molecule has 1 saturated heterocycles. The van der Waals surface area contributed by atoms with Gasteiger partial charge in [0.15, 0.2) is 0 Å². The lowest BCUT2D eigenvalue weighted by Gasteiger charge is -2.24. The molecule has 29 heavy (non-hydrogen) atoms. The van der Waals surface area contributed by atoms with Gasteiger partial charge in [-0.25, -0.2) is 4.98 Å². The van der Waals surface area contributed by atoms with Crippen molar-refractivity contribution in [1.82, 2.24) is 14.5 Å². The molecule has 1 atom stereocenters. The molecule has 0 radical (unpaired) electrons. The fraction of sp³-hybridized carbons (Fsp3) is 0.261. The van der Waals surface area contributed by atoms with Gasteiger partial charge in [0, 0.05) is 31.9 Å². The maximum atomic E-state index is 13.1. The van der Waals surface area contributed by atoms with Crippen LogP contribution in [-0.2, 0) is 7.05 Å². The van der Waals surface area contributed by atoms with E-state index < -0.39 is 0 Å². The van der Waals surface area contributed by atoms with Gasteiger partial charge in [0.2, 0.25) is 11.4 Å². The van der Waals surface area contributed by atoms with Crippen LogP contribution in [0.5, 0.6) is 11.6 Å². The lowest BCUT2D eigenvalue weighted by Crippen LogP contribution is -2.32. The van der Waals surface area contributed by atoms with Gasteiger partial charge < -0.3 is 14.2 Å². The van der Waals surface area contributed by atoms with Crippen molar-refractivity contribution in [3.05, 3.63) is 88.0 Å². The quantitative estimate of drug-likeness (QED) is 0.680. The number of aryl methyl sites for hydroxylation is 2. The van der Waals surface area contributed by atoms with Crippen LogP contribution in [0.3, 0.4) is 0 Å². The zero-order valence-corrected chi connectivity index (χ0v) is 16.5. The van der Waals surface area contributed by atoms with E-state index in [0.29, 0.717) is 18.0 Å². The van der Waals surface area contributed by atoms with Crippen LogP contribution in [0.2, 0.25) is 0 Å². The number of carbonyl (C=O) groups excluding carboxylic acids is 1. The molecular formula is C23H23N3O3. The fourth-order valence-corrected chi connectivity index (χ4v) is 3.60. The number of benzene rings is 1. The molecule has 3 aromatic rings. The van der Waals surface area contributed by atoms with Gasteiger partial charge in [-0.1, -0.05) is 23.8 Å². The number of pyridine rings is 2. The summed E-state index contributed by atoms with van der Waals surface area (Å²) in [6.07, 6.45) is 3.34. The Morgan fingerprint density at radius 3 is 2.66 bits per heavy atom. The maximum absolute atomic E-state index is 13.1. The Morgan fingerprint density at radius 2 is 1.90 bits per heavy atom. The number of hydrogen-bond acceptors (Lipinski definition) is 4. The Morgan fingerprint density at radius 1 is 1.10 bits per heavy atom. The Balaban J connectivity index is 1.56. The van der Waals surface area contributed by atoms with Crippen molar-refractivity contribution < 1.29 is 9.53 Å². The van der Waals surface area contributed by atoms with E-state index in [9.17, 15) is 9.59 Å². The number of likely N-dealkylation sites (tertiary alicyclic amines) is 1. The van der Waals surface area contributed by atoms with E-state index in [0.717, 1.165) is 29.8 Å². The lowest BCUT2D eigenvalue weighted by atomic mass is 10.1. The van der Waals surface area contributed by atoms with Gasteiger partial charge in [0.25, 0.3) is 5.91 Å². The molecule has 4 rings (SSSR count). The molecule has 6 nitrogen and oxygen atoms in total. The van der Waals surface area contributed by atoms with Crippen LogP contribution in [0.25, 0.3) is 0 Å². The maximum Gasteiger partial charge on any atom is 0.255 e. The largest absolute Gasteiger partial charge is 0.439 e. The van der Waals surface area contributed by atoms with Crippen molar-refractivity contribution in [2.75, 3.05) is 6.54 Å². The lowest BCUT2D eigenvalue weighted by molar-refractivity contribution is 0.0731. The molecule has 0 N–H and O–H groups in total. The molecule has 0 aliphatic carbocycles. The molecule has 3 heterocycles. The second-order valence-corrected chi connectivity index (χ2v) is 7.34. The number of nitrogens with zero attached hydrogens (tertiary/aromatic N) is 3. The van der Waals surface area contributed by atoms with E-state index in [1.807, 2.05) is 54.3 Å². The molecule has 0 saturated carbocycles. The smallest absolute Gasteiger partial charge is 0.255 e. The van der Waals surface area contributed by atoms with Crippen LogP contribution in [0.1, 0.15) is 40.5 Å². The van der Waals surface area contributed by atoms with E-state index in [4.69, 9.17) is 4.74 Å². The molecule has 148 valence electrons. The number of aromatic nitrogens is 2. The van der Waals surface area contributed by atoms with Gasteiger partial charge in [-0.15, -0.1) is 0 Å². The third-order valence-electron chi connectivity index (χ3n) is 5.18. The van der Waals surface area contributed by atoms with E-state index in [1.165, 1.54) is 10.6 Å². The average Bonchev–Trinajstić information content (AvgIpc) is 3.21. The number of amides is 1. The van der Waals surface area contributed by atoms with Crippen molar-refractivity contribution in [1.29, 1.82) is 0 Å². The van der Waals surface area contributed by atoms with Crippen LogP contribution < -0.4 is 10.3 Å². The first kappa shape index (κ1) is 18.9. The topological polar surface area (TPSA) is 64.4 Å². The van der Waals surface area contributed by atoms with Crippen molar-refractivity contribution in [3.63, 3.8) is 0 Å². The molecule has 0 bridgehead atoms. The van der Waals surface area contributed by atoms with Gasteiger partial charge >= 0.3 is 0 Å². The third kappa shape index (κ3) is 4.06. The average molecular weight is 389 g/mol. The highest BCUT2D eigenvalue weighted by Crippen LogP contribution is 2.33. The van der Waals surface area contributed by atoms with Gasteiger partial charge in [0.05, 0.1) is 17.3 Å². The first-order valence-electron chi connectivity index (χ1n) is 9.70. The van der Waals surface area contributed by atoms with Gasteiger partial charge in [-0.05, 0) is 44.0 Å². The summed E-state index contributed by atoms with van der Waals surface area (Å²) in [4.78, 5) is 31.2. The summed E-state index contributed by atoms with van der Waals surface area (Å²) in [5.41, 5.74) is 2.34. The molecule has 1 aromatic carbocycles. The Bertz CT molecular complexity index is 1090. The molecule has 1 unspecified atom stereocenters. The predicted octanol–water partition coefficient (Wildman–Crippen LogP) is 3.86. The van der Waals surface area contributed by atoms with E-state index in [1.54, 1.807) is 19.3 Å². The summed E-state index contributed by atoms with van der Waals surface area (Å²) in [6.45, 7) is 2.69. The van der Waals surface area contributed by atoms with E-state index in [2.05, 4.69) is 4.98 Å². The molecular weight excluding hydrogens is 366 g/mol. The predicted molar refractivity (Wildman–Crippen MR) is 110 cm³/mol. The number of hydrogen-bond donors (Lipinski definition) is 0. The standard InChI is InChI=1S/C23H23N3O3/c1-16-8-11-18(12-9-16)29-21-7-3-5-19(24-21)20-6-4-14-26(20)23(28)17-10-13-22(27)25(2)15-17/h3,5,7-13,15,20H,4,6,14H2,1-2H3. The number of ether oxygens (including phenoxy) is 1. The number of carbonyl (C=O) groups is 1. The molecule has 1 fully saturated rings. The molecule has 0 spiro atoms. The van der Waals surface area contributed by atoms with Crippen LogP contribution >= 0.6 is 0 Å². The molecule has 1 amide bonds. The molecule has 6 heteroatoms. The Hall–Kier alpha value is -3.41. The normalized spacial score (nSPS) is 16.1. The van der Waals surface area contributed by atoms with Gasteiger partial charge in [-0.3, -0.25) is 9.59 Å². The first-order chi connectivity index (χ1) is 14.0. The van der Waals surface area contributed by atoms with Crippen LogP contribution in [0.15, 0.2) is 65.6 Å². The Kier molecular flexibility index (Phi) is 5.16. The van der Waals surface area contributed by atoms with Crippen LogP contribution in [0, 0.1) is 6.92 Å². The van der Waals surface area contributed by atoms with Crippen molar-refractivity contribution >= 4 is 5.91 Å². The highest BCUT2D eigenvalue weighted by molar-refractivity contribution is 5.94.